The van der Waals surface area contributed by atoms with Crippen LogP contribution in [0, 0.1) is 5.82 Å². The maximum absolute atomic E-state index is 13.6. The van der Waals surface area contributed by atoms with Gasteiger partial charge >= 0.3 is 0 Å². The van der Waals surface area contributed by atoms with E-state index >= 15 is 0 Å². The van der Waals surface area contributed by atoms with Crippen LogP contribution in [0.15, 0.2) is 48.5 Å². The molecule has 3 rings (SSSR count). The average molecular weight is 371 g/mol. The second kappa shape index (κ2) is 8.64. The summed E-state index contributed by atoms with van der Waals surface area (Å²) in [4.78, 5) is 26.5. The fourth-order valence-electron chi connectivity index (χ4n) is 2.93. The van der Waals surface area contributed by atoms with Crippen molar-refractivity contribution in [3.05, 3.63) is 59.9 Å². The first kappa shape index (κ1) is 18.8. The topological polar surface area (TPSA) is 84.7 Å². The summed E-state index contributed by atoms with van der Waals surface area (Å²) in [6.45, 7) is 0.869. The van der Waals surface area contributed by atoms with Crippen LogP contribution >= 0.6 is 0 Å². The molecule has 1 saturated heterocycles. The Bertz CT molecular complexity index is 820. The molecule has 1 aliphatic rings. The van der Waals surface area contributed by atoms with Gasteiger partial charge in [-0.05, 0) is 37.1 Å². The normalized spacial score (nSPS) is 14.7. The van der Waals surface area contributed by atoms with E-state index in [0.717, 1.165) is 12.8 Å². The molecule has 2 aromatic rings. The molecule has 0 atom stereocenters. The second-order valence-corrected chi connectivity index (χ2v) is 6.44. The van der Waals surface area contributed by atoms with E-state index in [1.54, 1.807) is 35.2 Å². The number of hydrogen-bond donors (Lipinski definition) is 2. The summed E-state index contributed by atoms with van der Waals surface area (Å²) < 4.78 is 19.1. The van der Waals surface area contributed by atoms with Gasteiger partial charge in [0.25, 0.3) is 11.8 Å². The van der Waals surface area contributed by atoms with Crippen molar-refractivity contribution >= 4 is 17.5 Å². The number of anilines is 1. The first-order valence-corrected chi connectivity index (χ1v) is 8.85. The number of ether oxygens (including phenoxy) is 1. The van der Waals surface area contributed by atoms with Crippen molar-refractivity contribution < 1.29 is 18.7 Å². The summed E-state index contributed by atoms with van der Waals surface area (Å²) in [5, 5.41) is 2.45. The lowest BCUT2D eigenvalue weighted by Gasteiger charge is -2.30. The highest BCUT2D eigenvalue weighted by atomic mass is 19.1. The van der Waals surface area contributed by atoms with Gasteiger partial charge in [0.1, 0.15) is 11.6 Å². The van der Waals surface area contributed by atoms with Crippen molar-refractivity contribution in [1.29, 1.82) is 0 Å². The van der Waals surface area contributed by atoms with Gasteiger partial charge < -0.3 is 20.7 Å². The molecular weight excluding hydrogens is 349 g/mol. The van der Waals surface area contributed by atoms with Gasteiger partial charge in [-0.3, -0.25) is 9.59 Å². The number of para-hydroxylation sites is 2. The van der Waals surface area contributed by atoms with Crippen LogP contribution in [0.4, 0.5) is 10.1 Å². The Morgan fingerprint density at radius 1 is 1.11 bits per heavy atom. The van der Waals surface area contributed by atoms with Crippen molar-refractivity contribution in [1.82, 2.24) is 4.90 Å². The SMILES string of the molecule is NC1CCN(C(=O)c2ccccc2OCC(=O)Nc2ccccc2F)CC1. The van der Waals surface area contributed by atoms with Crippen LogP contribution in [0.1, 0.15) is 23.2 Å². The number of piperidine rings is 1. The predicted octanol–water partition coefficient (Wildman–Crippen LogP) is 2.41. The molecule has 0 aromatic heterocycles. The minimum absolute atomic E-state index is 0.0834. The molecular formula is C20H22FN3O3. The maximum Gasteiger partial charge on any atom is 0.262 e. The third-order valence-electron chi connectivity index (χ3n) is 4.45. The zero-order valence-electron chi connectivity index (χ0n) is 14.9. The standard InChI is InChI=1S/C20H22FN3O3/c21-16-6-2-3-7-17(16)23-19(25)13-27-18-8-4-1-5-15(18)20(26)24-11-9-14(22)10-12-24/h1-8,14H,9-13,22H2,(H,23,25). The van der Waals surface area contributed by atoms with Gasteiger partial charge in [-0.2, -0.15) is 0 Å². The third-order valence-corrected chi connectivity index (χ3v) is 4.45. The fraction of sp³-hybridized carbons (Fsp3) is 0.300. The summed E-state index contributed by atoms with van der Waals surface area (Å²) in [5.41, 5.74) is 6.37. The molecule has 1 fully saturated rings. The van der Waals surface area contributed by atoms with Gasteiger partial charge in [-0.15, -0.1) is 0 Å². The van der Waals surface area contributed by atoms with Gasteiger partial charge in [0.05, 0.1) is 11.3 Å². The number of amides is 2. The Hall–Kier alpha value is -2.93. The molecule has 3 N–H and O–H groups in total. The van der Waals surface area contributed by atoms with E-state index in [1.807, 2.05) is 0 Å². The molecule has 0 aliphatic carbocycles. The van der Waals surface area contributed by atoms with Crippen LogP contribution < -0.4 is 15.8 Å². The highest BCUT2D eigenvalue weighted by molar-refractivity contribution is 5.97. The van der Waals surface area contributed by atoms with E-state index in [-0.39, 0.29) is 24.2 Å². The number of nitrogens with zero attached hydrogens (tertiary/aromatic N) is 1. The lowest BCUT2D eigenvalue weighted by Crippen LogP contribution is -2.43. The lowest BCUT2D eigenvalue weighted by atomic mass is 10.0. The molecule has 0 radical (unpaired) electrons. The Kier molecular flexibility index (Phi) is 6.03. The quantitative estimate of drug-likeness (QED) is 0.845. The minimum atomic E-state index is -0.523. The zero-order chi connectivity index (χ0) is 19.2. The Balaban J connectivity index is 1.63. The number of carbonyl (C=O) groups excluding carboxylic acids is 2. The van der Waals surface area contributed by atoms with Crippen molar-refractivity contribution in [3.8, 4) is 5.75 Å². The van der Waals surface area contributed by atoms with Gasteiger partial charge in [0.2, 0.25) is 0 Å². The highest BCUT2D eigenvalue weighted by Crippen LogP contribution is 2.22. The van der Waals surface area contributed by atoms with Crippen molar-refractivity contribution in [2.75, 3.05) is 25.0 Å². The number of likely N-dealkylation sites (tertiary alicyclic amines) is 1. The van der Waals surface area contributed by atoms with E-state index in [2.05, 4.69) is 5.32 Å². The Morgan fingerprint density at radius 2 is 1.78 bits per heavy atom. The van der Waals surface area contributed by atoms with Crippen molar-refractivity contribution in [2.24, 2.45) is 5.73 Å². The van der Waals surface area contributed by atoms with Crippen LogP contribution in [0.2, 0.25) is 0 Å². The van der Waals surface area contributed by atoms with Crippen LogP contribution in [0.3, 0.4) is 0 Å². The minimum Gasteiger partial charge on any atom is -0.483 e. The number of benzene rings is 2. The first-order valence-electron chi connectivity index (χ1n) is 8.85. The van der Waals surface area contributed by atoms with Gasteiger partial charge in [0.15, 0.2) is 6.61 Å². The van der Waals surface area contributed by atoms with E-state index in [0.29, 0.717) is 24.4 Å². The third kappa shape index (κ3) is 4.83. The van der Waals surface area contributed by atoms with Crippen LogP contribution in [-0.2, 0) is 4.79 Å². The number of halogens is 1. The Morgan fingerprint density at radius 3 is 2.52 bits per heavy atom. The molecule has 0 saturated carbocycles. The smallest absolute Gasteiger partial charge is 0.262 e. The average Bonchev–Trinajstić information content (AvgIpc) is 2.68. The first-order chi connectivity index (χ1) is 13.0. The van der Waals surface area contributed by atoms with Crippen molar-refractivity contribution in [3.63, 3.8) is 0 Å². The maximum atomic E-state index is 13.6. The Labute approximate surface area is 157 Å². The number of rotatable bonds is 5. The summed E-state index contributed by atoms with van der Waals surface area (Å²) in [6, 6.07) is 12.8. The molecule has 0 spiro atoms. The summed E-state index contributed by atoms with van der Waals surface area (Å²) in [7, 11) is 0. The number of hydrogen-bond acceptors (Lipinski definition) is 4. The number of carbonyl (C=O) groups is 2. The zero-order valence-corrected chi connectivity index (χ0v) is 14.9. The number of nitrogens with one attached hydrogen (secondary N) is 1. The summed E-state index contributed by atoms with van der Waals surface area (Å²) in [6.07, 6.45) is 1.53. The van der Waals surface area contributed by atoms with Gasteiger partial charge in [-0.25, -0.2) is 4.39 Å². The van der Waals surface area contributed by atoms with E-state index in [9.17, 15) is 14.0 Å². The fourth-order valence-corrected chi connectivity index (χ4v) is 2.93. The molecule has 27 heavy (non-hydrogen) atoms. The lowest BCUT2D eigenvalue weighted by molar-refractivity contribution is -0.118. The molecule has 7 heteroatoms. The van der Waals surface area contributed by atoms with Gasteiger partial charge in [-0.1, -0.05) is 24.3 Å². The molecule has 142 valence electrons. The molecule has 0 unspecified atom stereocenters. The van der Waals surface area contributed by atoms with Crippen LogP contribution in [0.25, 0.3) is 0 Å². The monoisotopic (exact) mass is 371 g/mol. The highest BCUT2D eigenvalue weighted by Gasteiger charge is 2.24. The van der Waals surface area contributed by atoms with E-state index in [1.165, 1.54) is 18.2 Å². The predicted molar refractivity (Wildman–Crippen MR) is 100 cm³/mol. The second-order valence-electron chi connectivity index (χ2n) is 6.44. The molecule has 2 aromatic carbocycles. The summed E-state index contributed by atoms with van der Waals surface area (Å²) in [5.74, 6) is -0.857. The summed E-state index contributed by atoms with van der Waals surface area (Å²) >= 11 is 0. The van der Waals surface area contributed by atoms with Crippen LogP contribution in [-0.4, -0.2) is 42.5 Å². The van der Waals surface area contributed by atoms with Crippen molar-refractivity contribution in [2.45, 2.75) is 18.9 Å². The molecule has 1 heterocycles. The van der Waals surface area contributed by atoms with Gasteiger partial charge in [0, 0.05) is 19.1 Å². The largest absolute Gasteiger partial charge is 0.483 e. The molecule has 6 nitrogen and oxygen atoms in total. The molecule has 0 bridgehead atoms. The van der Waals surface area contributed by atoms with E-state index in [4.69, 9.17) is 10.5 Å². The molecule has 2 amide bonds. The van der Waals surface area contributed by atoms with Crippen LogP contribution in [0.5, 0.6) is 5.75 Å². The molecule has 1 aliphatic heterocycles. The number of nitrogens with two attached hydrogens (primary N) is 1. The van der Waals surface area contributed by atoms with E-state index < -0.39 is 11.7 Å².